The van der Waals surface area contributed by atoms with Crippen molar-refractivity contribution >= 4 is 11.7 Å². The Bertz CT molecular complexity index is 757. The summed E-state index contributed by atoms with van der Waals surface area (Å²) in [5.41, 5.74) is 0.513. The fourth-order valence-corrected chi connectivity index (χ4v) is 3.54. The van der Waals surface area contributed by atoms with Crippen LogP contribution in [0, 0.1) is 17.2 Å². The smallest absolute Gasteiger partial charge is 0.336 e. The topological polar surface area (TPSA) is 159 Å². The Morgan fingerprint density at radius 3 is 2.37 bits per heavy atom. The van der Waals surface area contributed by atoms with Gasteiger partial charge in [0, 0.05) is 26.7 Å². The Kier molecular flexibility index (Phi) is 8.92. The van der Waals surface area contributed by atoms with Crippen molar-refractivity contribution in [3.63, 3.8) is 0 Å². The molecule has 0 saturated heterocycles. The number of hydrogen-bond acceptors (Lipinski definition) is 9. The third-order valence-corrected chi connectivity index (χ3v) is 5.02. The summed E-state index contributed by atoms with van der Waals surface area (Å²) in [6.45, 7) is 4.79. The van der Waals surface area contributed by atoms with Gasteiger partial charge in [0.15, 0.2) is 5.75 Å². The first-order chi connectivity index (χ1) is 13.9. The highest BCUT2D eigenvalue weighted by atomic mass is 16.5. The Labute approximate surface area is 177 Å². The van der Waals surface area contributed by atoms with Crippen molar-refractivity contribution in [2.45, 2.75) is 32.2 Å². The number of aliphatic hydroxyl groups is 2. The molecule has 0 bridgehead atoms. The Balaban J connectivity index is 2.88. The zero-order valence-electron chi connectivity index (χ0n) is 18.5. The van der Waals surface area contributed by atoms with Crippen LogP contribution in [0.25, 0.3) is 0 Å². The van der Waals surface area contributed by atoms with E-state index in [0.717, 1.165) is 0 Å². The zero-order chi connectivity index (χ0) is 23.2. The zero-order valence-corrected chi connectivity index (χ0v) is 18.5. The Morgan fingerprint density at radius 2 is 1.90 bits per heavy atom. The van der Waals surface area contributed by atoms with Crippen molar-refractivity contribution in [2.75, 3.05) is 53.1 Å². The van der Waals surface area contributed by atoms with E-state index >= 15 is 0 Å². The molecule has 11 heteroatoms. The van der Waals surface area contributed by atoms with E-state index in [1.807, 2.05) is 37.9 Å². The fraction of sp³-hybridized carbons (Fsp3) is 0.684. The summed E-state index contributed by atoms with van der Waals surface area (Å²) in [6.07, 6.45) is 0.214. The molecule has 1 aromatic heterocycles. The number of rotatable bonds is 11. The summed E-state index contributed by atoms with van der Waals surface area (Å²) in [6, 6.07) is 1.19. The van der Waals surface area contributed by atoms with Gasteiger partial charge in [0.05, 0.1) is 11.7 Å². The van der Waals surface area contributed by atoms with Crippen LogP contribution in [0.5, 0.6) is 11.6 Å². The van der Waals surface area contributed by atoms with Gasteiger partial charge in [-0.2, -0.15) is 5.26 Å². The van der Waals surface area contributed by atoms with Crippen molar-refractivity contribution in [3.8, 4) is 17.7 Å². The second kappa shape index (κ2) is 10.5. The maximum absolute atomic E-state index is 12.1. The number of H-pyrrole nitrogens is 1. The Morgan fingerprint density at radius 1 is 1.30 bits per heavy atom. The average Bonchev–Trinajstić information content (AvgIpc) is 2.96. The number of carbonyl (C=O) groups is 1. The molecule has 2 unspecified atom stereocenters. The molecule has 1 rings (SSSR count). The summed E-state index contributed by atoms with van der Waals surface area (Å²) in [4.78, 5) is 19.9. The van der Waals surface area contributed by atoms with Crippen molar-refractivity contribution in [3.05, 3.63) is 5.56 Å². The number of hydrogen-bond donors (Lipinski definition) is 6. The lowest BCUT2D eigenvalue weighted by atomic mass is 10.1. The van der Waals surface area contributed by atoms with Gasteiger partial charge in [0.1, 0.15) is 11.9 Å². The second-order valence-electron chi connectivity index (χ2n) is 7.70. The molecule has 1 heterocycles. The second-order valence-corrected chi connectivity index (χ2v) is 7.70. The van der Waals surface area contributed by atoms with Gasteiger partial charge in [-0.25, -0.2) is 0 Å². The standard InChI is InChI=1S/C19H34N6O5/c1-7-25(18(28)19(29,30)11-20)9-8-12(2)10-24(6)17(23(4)5)13-14(26)16(27)22-15(13)21-3/h12,17,21-22,26-27,29-30H,7-10H2,1-6H3. The normalized spacial score (nSPS) is 13.9. The van der Waals surface area contributed by atoms with Crippen molar-refractivity contribution < 1.29 is 25.2 Å². The molecule has 170 valence electrons. The minimum Gasteiger partial charge on any atom is -0.503 e. The molecule has 0 aliphatic carbocycles. The summed E-state index contributed by atoms with van der Waals surface area (Å²) in [7, 11) is 7.28. The number of nitrogens with one attached hydrogen (secondary N) is 2. The third-order valence-electron chi connectivity index (χ3n) is 5.02. The molecule has 0 aliphatic rings. The van der Waals surface area contributed by atoms with Crippen LogP contribution >= 0.6 is 0 Å². The number of aromatic amines is 1. The number of amides is 1. The summed E-state index contributed by atoms with van der Waals surface area (Å²) >= 11 is 0. The first-order valence-corrected chi connectivity index (χ1v) is 9.74. The first-order valence-electron chi connectivity index (χ1n) is 9.74. The number of likely N-dealkylation sites (N-methyl/N-ethyl adjacent to an activating group) is 1. The molecule has 0 aliphatic heterocycles. The van der Waals surface area contributed by atoms with E-state index in [9.17, 15) is 25.2 Å². The third kappa shape index (κ3) is 5.76. The molecular formula is C19H34N6O5. The van der Waals surface area contributed by atoms with Crippen LogP contribution in [0.4, 0.5) is 5.82 Å². The highest BCUT2D eigenvalue weighted by molar-refractivity contribution is 5.85. The number of nitriles is 1. The maximum atomic E-state index is 12.1. The molecule has 11 nitrogen and oxygen atoms in total. The number of aromatic nitrogens is 1. The SMILES string of the molecule is CCN(CCC(C)CN(C)C(c1c(NC)[nH]c(O)c1O)N(C)C)C(=O)C(O)(O)C#N. The van der Waals surface area contributed by atoms with E-state index in [1.54, 1.807) is 14.0 Å². The van der Waals surface area contributed by atoms with Crippen LogP contribution in [0.2, 0.25) is 0 Å². The summed E-state index contributed by atoms with van der Waals surface area (Å²) in [5, 5.41) is 50.8. The van der Waals surface area contributed by atoms with E-state index < -0.39 is 11.7 Å². The lowest BCUT2D eigenvalue weighted by Crippen LogP contribution is -2.48. The molecule has 1 amide bonds. The molecule has 0 spiro atoms. The maximum Gasteiger partial charge on any atom is 0.336 e. The highest BCUT2D eigenvalue weighted by Gasteiger charge is 2.37. The van der Waals surface area contributed by atoms with Crippen LogP contribution in [-0.2, 0) is 4.79 Å². The van der Waals surface area contributed by atoms with Crippen LogP contribution in [0.3, 0.4) is 0 Å². The van der Waals surface area contributed by atoms with Gasteiger partial charge in [0.25, 0.3) is 5.91 Å². The fourth-order valence-electron chi connectivity index (χ4n) is 3.54. The number of aromatic hydroxyl groups is 2. The van der Waals surface area contributed by atoms with Crippen LogP contribution in [0.15, 0.2) is 0 Å². The molecular weight excluding hydrogens is 392 g/mol. The minimum atomic E-state index is -3.02. The summed E-state index contributed by atoms with van der Waals surface area (Å²) < 4.78 is 0. The van der Waals surface area contributed by atoms with Gasteiger partial charge >= 0.3 is 5.79 Å². The van der Waals surface area contributed by atoms with Crippen molar-refractivity contribution in [1.29, 1.82) is 5.26 Å². The van der Waals surface area contributed by atoms with Gasteiger partial charge < -0.3 is 35.6 Å². The molecule has 0 aromatic carbocycles. The largest absolute Gasteiger partial charge is 0.503 e. The highest BCUT2D eigenvalue weighted by Crippen LogP contribution is 2.41. The predicted octanol–water partition coefficient (Wildman–Crippen LogP) is 0.0388. The molecule has 2 atom stereocenters. The molecule has 1 aromatic rings. The van der Waals surface area contributed by atoms with Crippen molar-refractivity contribution in [2.24, 2.45) is 5.92 Å². The molecule has 0 saturated carbocycles. The molecule has 6 N–H and O–H groups in total. The minimum absolute atomic E-state index is 0.0980. The quantitative estimate of drug-likeness (QED) is 0.212. The average molecular weight is 427 g/mol. The predicted molar refractivity (Wildman–Crippen MR) is 112 cm³/mol. The Hall–Kier alpha value is -2.52. The van der Waals surface area contributed by atoms with E-state index in [4.69, 9.17) is 5.26 Å². The molecule has 30 heavy (non-hydrogen) atoms. The molecule has 0 fully saturated rings. The van der Waals surface area contributed by atoms with Crippen LogP contribution < -0.4 is 5.32 Å². The number of carbonyl (C=O) groups excluding carboxylic acids is 1. The van der Waals surface area contributed by atoms with Gasteiger partial charge in [-0.15, -0.1) is 0 Å². The van der Waals surface area contributed by atoms with Gasteiger partial charge in [-0.05, 0) is 40.4 Å². The van der Waals surface area contributed by atoms with Crippen LogP contribution in [0.1, 0.15) is 32.0 Å². The lowest BCUT2D eigenvalue weighted by Gasteiger charge is -2.35. The summed E-state index contributed by atoms with van der Waals surface area (Å²) in [5.74, 6) is -3.99. The van der Waals surface area contributed by atoms with Gasteiger partial charge in [-0.3, -0.25) is 14.6 Å². The van der Waals surface area contributed by atoms with Crippen molar-refractivity contribution in [1.82, 2.24) is 19.7 Å². The van der Waals surface area contributed by atoms with Gasteiger partial charge in [0.2, 0.25) is 5.88 Å². The van der Waals surface area contributed by atoms with E-state index in [1.165, 1.54) is 11.0 Å². The molecule has 0 radical (unpaired) electrons. The monoisotopic (exact) mass is 426 g/mol. The van der Waals surface area contributed by atoms with E-state index in [0.29, 0.717) is 24.3 Å². The van der Waals surface area contributed by atoms with E-state index in [-0.39, 0.29) is 36.8 Å². The van der Waals surface area contributed by atoms with E-state index in [2.05, 4.69) is 10.3 Å². The van der Waals surface area contributed by atoms with Crippen LogP contribution in [-0.4, -0.2) is 99.6 Å². The number of nitrogens with zero attached hydrogens (tertiary/aromatic N) is 4. The number of anilines is 1. The first kappa shape index (κ1) is 25.5. The van der Waals surface area contributed by atoms with Gasteiger partial charge in [-0.1, -0.05) is 6.92 Å². The lowest BCUT2D eigenvalue weighted by molar-refractivity contribution is -0.177.